The van der Waals surface area contributed by atoms with Gasteiger partial charge in [-0.05, 0) is 51.2 Å². The van der Waals surface area contributed by atoms with Crippen molar-refractivity contribution in [3.8, 4) is 0 Å². The van der Waals surface area contributed by atoms with E-state index in [9.17, 15) is 8.42 Å². The van der Waals surface area contributed by atoms with Gasteiger partial charge in [0.25, 0.3) is 0 Å². The average Bonchev–Trinajstić information content (AvgIpc) is 2.64. The number of sulfonamides is 1. The topological polar surface area (TPSA) is 91.8 Å². The minimum absolute atomic E-state index is 0.0503. The fourth-order valence-corrected chi connectivity index (χ4v) is 4.61. The minimum Gasteiger partial charge on any atom is -0.378 e. The third kappa shape index (κ3) is 10.4. The van der Waals surface area contributed by atoms with Gasteiger partial charge in [-0.3, -0.25) is 0 Å². The third-order valence-electron chi connectivity index (χ3n) is 4.48. The largest absolute Gasteiger partial charge is 0.378 e. The van der Waals surface area contributed by atoms with Gasteiger partial charge in [-0.25, -0.2) is 18.1 Å². The van der Waals surface area contributed by atoms with E-state index in [1.807, 2.05) is 52.0 Å². The number of hydrogen-bond acceptors (Lipinski definition) is 4. The molecule has 7 nitrogen and oxygen atoms in total. The monoisotopic (exact) mass is 440 g/mol. The molecule has 0 amide bonds. The van der Waals surface area contributed by atoms with Crippen molar-refractivity contribution in [2.24, 2.45) is 10.9 Å². The fourth-order valence-electron chi connectivity index (χ4n) is 3.12. The van der Waals surface area contributed by atoms with Crippen molar-refractivity contribution in [2.75, 3.05) is 19.7 Å². The summed E-state index contributed by atoms with van der Waals surface area (Å²) in [4.78, 5) is 4.66. The Bertz CT molecular complexity index is 749. The third-order valence-corrected chi connectivity index (χ3v) is 6.00. The van der Waals surface area contributed by atoms with Crippen LogP contribution >= 0.6 is 0 Å². The van der Waals surface area contributed by atoms with Crippen molar-refractivity contribution in [1.29, 1.82) is 0 Å². The predicted octanol–water partition coefficient (Wildman–Crippen LogP) is 3.02. The molecule has 3 N–H and O–H groups in total. The molecule has 0 saturated heterocycles. The van der Waals surface area contributed by atoms with Gasteiger partial charge in [-0.2, -0.15) is 0 Å². The second-order valence-corrected chi connectivity index (χ2v) is 9.70. The molecule has 0 aliphatic rings. The summed E-state index contributed by atoms with van der Waals surface area (Å²) < 4.78 is 33.1. The van der Waals surface area contributed by atoms with E-state index in [2.05, 4.69) is 34.2 Å². The van der Waals surface area contributed by atoms with E-state index in [0.29, 0.717) is 19.1 Å². The molecule has 0 spiro atoms. The molecule has 172 valence electrons. The predicted molar refractivity (Wildman–Crippen MR) is 125 cm³/mol. The van der Waals surface area contributed by atoms with Gasteiger partial charge in [0.1, 0.15) is 0 Å². The van der Waals surface area contributed by atoms with Gasteiger partial charge >= 0.3 is 0 Å². The Morgan fingerprint density at radius 1 is 1.07 bits per heavy atom. The molecule has 0 aliphatic heterocycles. The number of rotatable bonds is 13. The smallest absolute Gasteiger partial charge is 0.216 e. The number of guanidine groups is 1. The zero-order valence-corrected chi connectivity index (χ0v) is 20.2. The minimum atomic E-state index is -3.39. The number of hydrogen-bond donors (Lipinski definition) is 3. The molecule has 30 heavy (non-hydrogen) atoms. The van der Waals surface area contributed by atoms with E-state index in [0.717, 1.165) is 36.6 Å². The van der Waals surface area contributed by atoms with Gasteiger partial charge in [-0.15, -0.1) is 0 Å². The maximum atomic E-state index is 12.3. The van der Waals surface area contributed by atoms with Crippen LogP contribution in [0.25, 0.3) is 0 Å². The number of benzene rings is 1. The lowest BCUT2D eigenvalue weighted by Crippen LogP contribution is -2.39. The van der Waals surface area contributed by atoms with Crippen LogP contribution in [-0.2, 0) is 27.1 Å². The molecular weight excluding hydrogens is 400 g/mol. The Balaban J connectivity index is 2.81. The summed E-state index contributed by atoms with van der Waals surface area (Å²) in [5, 5.41) is 6.61. The molecule has 1 aromatic carbocycles. The van der Waals surface area contributed by atoms with Crippen molar-refractivity contribution in [3.63, 3.8) is 0 Å². The van der Waals surface area contributed by atoms with Crippen LogP contribution < -0.4 is 15.4 Å². The average molecular weight is 441 g/mol. The Labute approximate surface area is 183 Å². The lowest BCUT2D eigenvalue weighted by Gasteiger charge is -2.21. The first-order valence-electron chi connectivity index (χ1n) is 10.9. The molecule has 0 saturated carbocycles. The summed E-state index contributed by atoms with van der Waals surface area (Å²) in [6.45, 7) is 14.6. The lowest BCUT2D eigenvalue weighted by molar-refractivity contribution is 0.0258. The molecule has 1 rings (SSSR count). The normalized spacial score (nSPS) is 13.7. The van der Waals surface area contributed by atoms with Crippen molar-refractivity contribution >= 4 is 16.0 Å². The van der Waals surface area contributed by atoms with E-state index in [1.165, 1.54) is 0 Å². The Morgan fingerprint density at radius 2 is 1.73 bits per heavy atom. The van der Waals surface area contributed by atoms with Crippen LogP contribution in [0.2, 0.25) is 0 Å². The van der Waals surface area contributed by atoms with E-state index >= 15 is 0 Å². The van der Waals surface area contributed by atoms with Crippen molar-refractivity contribution < 1.29 is 13.2 Å². The molecule has 1 unspecified atom stereocenters. The van der Waals surface area contributed by atoms with Gasteiger partial charge in [0, 0.05) is 25.7 Å². The van der Waals surface area contributed by atoms with Gasteiger partial charge in [-0.1, -0.05) is 38.1 Å². The van der Waals surface area contributed by atoms with Gasteiger partial charge < -0.3 is 15.4 Å². The molecule has 0 bridgehead atoms. The van der Waals surface area contributed by atoms with E-state index < -0.39 is 10.0 Å². The molecule has 1 atom stereocenters. The second-order valence-electron chi connectivity index (χ2n) is 7.95. The van der Waals surface area contributed by atoms with E-state index in [-0.39, 0.29) is 17.9 Å². The van der Waals surface area contributed by atoms with Crippen molar-refractivity contribution in [1.82, 2.24) is 15.4 Å². The van der Waals surface area contributed by atoms with Crippen LogP contribution in [0, 0.1) is 5.92 Å². The maximum absolute atomic E-state index is 12.3. The van der Waals surface area contributed by atoms with Crippen LogP contribution in [0.4, 0.5) is 0 Å². The van der Waals surface area contributed by atoms with E-state index in [4.69, 9.17) is 4.74 Å². The quantitative estimate of drug-likeness (QED) is 0.324. The summed E-state index contributed by atoms with van der Waals surface area (Å²) in [6.07, 6.45) is 1.11. The second kappa shape index (κ2) is 13.6. The number of ether oxygens (including phenoxy) is 1. The molecule has 0 fully saturated rings. The van der Waals surface area contributed by atoms with E-state index in [1.54, 1.807) is 0 Å². The summed E-state index contributed by atoms with van der Waals surface area (Å²) >= 11 is 0. The van der Waals surface area contributed by atoms with Crippen molar-refractivity contribution in [2.45, 2.75) is 72.4 Å². The number of nitrogens with one attached hydrogen (secondary N) is 3. The highest BCUT2D eigenvalue weighted by atomic mass is 32.2. The van der Waals surface area contributed by atoms with Crippen LogP contribution in [0.1, 0.15) is 59.1 Å². The highest BCUT2D eigenvalue weighted by Gasteiger charge is 2.16. The van der Waals surface area contributed by atoms with Crippen LogP contribution in [0.3, 0.4) is 0 Å². The zero-order chi connectivity index (χ0) is 22.6. The first kappa shape index (κ1) is 26.4. The number of aliphatic imine (C=N–C) groups is 1. The Hall–Kier alpha value is -1.64. The Kier molecular flexibility index (Phi) is 12.0. The van der Waals surface area contributed by atoms with Crippen molar-refractivity contribution in [3.05, 3.63) is 35.4 Å². The van der Waals surface area contributed by atoms with Gasteiger partial charge in [0.15, 0.2) is 5.96 Å². The van der Waals surface area contributed by atoms with Crippen LogP contribution in [0.5, 0.6) is 0 Å². The van der Waals surface area contributed by atoms with Gasteiger partial charge in [0.2, 0.25) is 10.0 Å². The molecule has 0 aliphatic carbocycles. The summed E-state index contributed by atoms with van der Waals surface area (Å²) in [5.74, 6) is 1.12. The lowest BCUT2D eigenvalue weighted by atomic mass is 10.0. The number of nitrogens with zero attached hydrogens (tertiary/aromatic N) is 1. The Morgan fingerprint density at radius 3 is 2.30 bits per heavy atom. The van der Waals surface area contributed by atoms with Gasteiger partial charge in [0.05, 0.1) is 18.4 Å². The standard InChI is InChI=1S/C22H40N4O3S/c1-7-23-22(24-14-13-21(17(3)4)29-8-2)25-15-19-11-9-10-12-20(19)16-30(27,28)26-18(5)6/h9-12,17-18,21,26H,7-8,13-16H2,1-6H3,(H2,23,24,25). The summed E-state index contributed by atoms with van der Waals surface area (Å²) in [6, 6.07) is 7.41. The SMILES string of the molecule is CCNC(=NCc1ccccc1CS(=O)(=O)NC(C)C)NCCC(OCC)C(C)C. The van der Waals surface area contributed by atoms with Crippen LogP contribution in [-0.4, -0.2) is 46.2 Å². The molecule has 0 radical (unpaired) electrons. The first-order chi connectivity index (χ1) is 14.2. The fraction of sp³-hybridized carbons (Fsp3) is 0.682. The molecular formula is C22H40N4O3S. The zero-order valence-electron chi connectivity index (χ0n) is 19.4. The molecule has 0 heterocycles. The summed E-state index contributed by atoms with van der Waals surface area (Å²) in [7, 11) is -3.39. The molecule has 8 heteroatoms. The highest BCUT2D eigenvalue weighted by molar-refractivity contribution is 7.88. The maximum Gasteiger partial charge on any atom is 0.216 e. The molecule has 1 aromatic rings. The first-order valence-corrected chi connectivity index (χ1v) is 12.5. The summed E-state index contributed by atoms with van der Waals surface area (Å²) in [5.41, 5.74) is 1.67. The highest BCUT2D eigenvalue weighted by Crippen LogP contribution is 2.14. The van der Waals surface area contributed by atoms with Crippen LogP contribution in [0.15, 0.2) is 29.3 Å². The molecule has 0 aromatic heterocycles.